The molecule has 0 bridgehead atoms. The van der Waals surface area contributed by atoms with Gasteiger partial charge in [0.1, 0.15) is 0 Å². The van der Waals surface area contributed by atoms with Crippen molar-refractivity contribution in [2.45, 2.75) is 0 Å². The Bertz CT molecular complexity index is 26.8. The summed E-state index contributed by atoms with van der Waals surface area (Å²) in [5.74, 6) is 0. The first kappa shape index (κ1) is 23.9. The summed E-state index contributed by atoms with van der Waals surface area (Å²) < 4.78 is 39.5. The van der Waals surface area contributed by atoms with Crippen molar-refractivity contribution in [3.05, 3.63) is 0 Å². The van der Waals surface area contributed by atoms with Crippen molar-refractivity contribution >= 4 is 0 Å². The Kier molecular flexibility index (Phi) is 21.8. The normalized spacial score (nSPS) is 9.50. The van der Waals surface area contributed by atoms with E-state index in [-0.39, 0.29) is 16.4 Å². The first-order chi connectivity index (χ1) is 2.00. The molecule has 0 unspecified atom stereocenters. The van der Waals surface area contributed by atoms with Gasteiger partial charge in [-0.25, -0.2) is 0 Å². The average molecular weight is 226 g/mol. The van der Waals surface area contributed by atoms with Crippen molar-refractivity contribution in [3.63, 3.8) is 0 Å². The van der Waals surface area contributed by atoms with E-state index in [0.29, 0.717) is 0 Å². The zero-order valence-electron chi connectivity index (χ0n) is 3.42. The van der Waals surface area contributed by atoms with E-state index in [9.17, 15) is 12.6 Å². The molecule has 6 N–H and O–H groups in total. The van der Waals surface area contributed by atoms with Crippen molar-refractivity contribution in [1.29, 1.82) is 0 Å². The van der Waals surface area contributed by atoms with Crippen LogP contribution in [0.2, 0.25) is 0 Å². The summed E-state index contributed by atoms with van der Waals surface area (Å²) >= 11 is -7.02. The number of hydrogen-bond acceptors (Lipinski definition) is 0. The Hall–Kier alpha value is 0.288. The maximum atomic E-state index is 9.88. The van der Waals surface area contributed by atoms with Crippen LogP contribution in [0.5, 0.6) is 0 Å². The van der Waals surface area contributed by atoms with E-state index in [1.807, 2.05) is 0 Å². The van der Waals surface area contributed by atoms with Gasteiger partial charge < -0.3 is 16.4 Å². The predicted octanol–water partition coefficient (Wildman–Crippen LogP) is -0.796. The topological polar surface area (TPSA) is 94.5 Å². The van der Waals surface area contributed by atoms with Crippen LogP contribution in [0, 0.1) is 0 Å². The van der Waals surface area contributed by atoms with Gasteiger partial charge in [-0.3, -0.25) is 0 Å². The van der Waals surface area contributed by atoms with Gasteiger partial charge >= 0.3 is 30.8 Å². The van der Waals surface area contributed by atoms with Crippen molar-refractivity contribution in [1.82, 2.24) is 0 Å². The summed E-state index contributed by atoms with van der Waals surface area (Å²) in [6.07, 6.45) is 0. The zero-order valence-corrected chi connectivity index (χ0v) is 5.43. The van der Waals surface area contributed by atoms with Crippen molar-refractivity contribution < 1.29 is 47.2 Å². The van der Waals surface area contributed by atoms with E-state index >= 15 is 0 Å². The van der Waals surface area contributed by atoms with Gasteiger partial charge in [-0.1, -0.05) is 0 Å². The second kappa shape index (κ2) is 7.29. The molecule has 58 valence electrons. The van der Waals surface area contributed by atoms with Crippen LogP contribution in [-0.4, -0.2) is 16.4 Å². The molecule has 0 radical (unpaired) electrons. The fraction of sp³-hybridized carbons (Fsp3) is 0. The van der Waals surface area contributed by atoms with Gasteiger partial charge in [0.15, 0.2) is 0 Å². The van der Waals surface area contributed by atoms with Crippen LogP contribution in [0.3, 0.4) is 0 Å². The third-order valence-corrected chi connectivity index (χ3v) is 0. The molecular formula is H6F4MoO3. The Morgan fingerprint density at radius 3 is 0.625 bits per heavy atom. The van der Waals surface area contributed by atoms with E-state index in [4.69, 9.17) is 0 Å². The summed E-state index contributed by atoms with van der Waals surface area (Å²) in [5, 5.41) is 0. The fourth-order valence-electron chi connectivity index (χ4n) is 0. The zero-order chi connectivity index (χ0) is 4.50. The molecule has 0 aromatic carbocycles. The molecule has 8 heavy (non-hydrogen) atoms. The summed E-state index contributed by atoms with van der Waals surface area (Å²) in [7, 11) is 0. The summed E-state index contributed by atoms with van der Waals surface area (Å²) in [4.78, 5) is 0. The van der Waals surface area contributed by atoms with Gasteiger partial charge in [0, 0.05) is 0 Å². The van der Waals surface area contributed by atoms with Gasteiger partial charge in [0.25, 0.3) is 0 Å². The molecule has 0 saturated heterocycles. The molecule has 0 atom stereocenters. The Balaban J connectivity index is -0.0000000267. The Morgan fingerprint density at radius 2 is 0.625 bits per heavy atom. The van der Waals surface area contributed by atoms with Crippen LogP contribution in [0.15, 0.2) is 0 Å². The van der Waals surface area contributed by atoms with Crippen LogP contribution in [0.1, 0.15) is 0 Å². The minimum atomic E-state index is -7.02. The third kappa shape index (κ3) is 2120. The molecule has 0 spiro atoms. The van der Waals surface area contributed by atoms with Crippen LogP contribution >= 0.6 is 0 Å². The van der Waals surface area contributed by atoms with Gasteiger partial charge in [0.2, 0.25) is 0 Å². The molecule has 0 rings (SSSR count). The van der Waals surface area contributed by atoms with E-state index in [0.717, 1.165) is 0 Å². The fourth-order valence-corrected chi connectivity index (χ4v) is 0. The second-order valence-corrected chi connectivity index (χ2v) is 2.07. The van der Waals surface area contributed by atoms with Crippen molar-refractivity contribution in [2.24, 2.45) is 0 Å². The first-order valence-electron chi connectivity index (χ1n) is 0.617. The Morgan fingerprint density at radius 1 is 0.625 bits per heavy atom. The molecule has 0 amide bonds. The van der Waals surface area contributed by atoms with E-state index < -0.39 is 18.2 Å². The van der Waals surface area contributed by atoms with Crippen LogP contribution < -0.4 is 0 Å². The molecule has 3 nitrogen and oxygen atoms in total. The minimum absolute atomic E-state index is 0. The maximum absolute atomic E-state index is 9.88. The molecule has 0 aliphatic rings. The molecule has 0 fully saturated rings. The molecule has 0 heterocycles. The summed E-state index contributed by atoms with van der Waals surface area (Å²) in [6, 6.07) is 0. The molecular weight excluding hydrogens is 220 g/mol. The van der Waals surface area contributed by atoms with E-state index in [1.165, 1.54) is 0 Å². The van der Waals surface area contributed by atoms with Gasteiger partial charge in [-0.15, -0.1) is 0 Å². The van der Waals surface area contributed by atoms with Crippen molar-refractivity contribution in [3.8, 4) is 0 Å². The van der Waals surface area contributed by atoms with Crippen molar-refractivity contribution in [2.75, 3.05) is 0 Å². The Labute approximate surface area is 48.0 Å². The average Bonchev–Trinajstić information content (AvgIpc) is 0.722. The summed E-state index contributed by atoms with van der Waals surface area (Å²) in [6.45, 7) is 0. The van der Waals surface area contributed by atoms with Crippen LogP contribution in [0.4, 0.5) is 12.6 Å². The SMILES string of the molecule is O.O.O.[F][Mo]([F])([F])[F]. The molecule has 8 heteroatoms. The molecule has 0 aromatic rings. The number of hydrogen-bond donors (Lipinski definition) is 0. The molecule has 0 saturated carbocycles. The van der Waals surface area contributed by atoms with Gasteiger partial charge in [-0.2, -0.15) is 0 Å². The predicted molar refractivity (Wildman–Crippen MR) is 15.3 cm³/mol. The molecule has 0 aliphatic heterocycles. The van der Waals surface area contributed by atoms with Crippen LogP contribution in [0.25, 0.3) is 0 Å². The summed E-state index contributed by atoms with van der Waals surface area (Å²) in [5.41, 5.74) is 0. The quantitative estimate of drug-likeness (QED) is 0.382. The van der Waals surface area contributed by atoms with Crippen LogP contribution in [-0.2, 0) is 18.2 Å². The third-order valence-electron chi connectivity index (χ3n) is 0. The van der Waals surface area contributed by atoms with E-state index in [1.54, 1.807) is 0 Å². The first-order valence-corrected chi connectivity index (χ1v) is 3.65. The molecule has 0 aromatic heterocycles. The molecule has 0 aliphatic carbocycles. The second-order valence-electron chi connectivity index (χ2n) is 0.350. The van der Waals surface area contributed by atoms with E-state index in [2.05, 4.69) is 0 Å². The van der Waals surface area contributed by atoms with Gasteiger partial charge in [0.05, 0.1) is 0 Å². The number of halogens is 4. The van der Waals surface area contributed by atoms with Gasteiger partial charge in [-0.05, 0) is 0 Å². The number of rotatable bonds is 0. The monoisotopic (exact) mass is 228 g/mol. The standard InChI is InChI=1S/4FH.Mo.3H2O/h4*1H;;3*1H2/q;;;;+4;;;/p-4.